The minimum absolute atomic E-state index is 0.195. The van der Waals surface area contributed by atoms with E-state index in [1.165, 1.54) is 0 Å². The molecule has 3 aromatic rings. The Kier molecular flexibility index (Phi) is 6.72. The number of pyridine rings is 2. The van der Waals surface area contributed by atoms with Crippen molar-refractivity contribution in [2.75, 3.05) is 11.4 Å². The number of carbonyl (C=O) groups is 3. The molecule has 1 saturated heterocycles. The largest absolute Gasteiger partial charge is 0.434 e. The molecule has 0 bridgehead atoms. The molecule has 9 nitrogen and oxygen atoms in total. The van der Waals surface area contributed by atoms with E-state index in [0.717, 1.165) is 17.0 Å². The molecule has 2 aliphatic rings. The summed E-state index contributed by atoms with van der Waals surface area (Å²) in [4.78, 5) is 54.7. The van der Waals surface area contributed by atoms with Crippen molar-refractivity contribution in [3.05, 3.63) is 63.7 Å². The monoisotopic (exact) mass is 588 g/mol. The van der Waals surface area contributed by atoms with Crippen LogP contribution in [0.5, 0.6) is 0 Å². The number of anilines is 1. The van der Waals surface area contributed by atoms with E-state index in [9.17, 15) is 45.5 Å². The molecule has 1 N–H and O–H groups in total. The first-order chi connectivity index (χ1) is 18.8. The number of benzene rings is 1. The Hall–Kier alpha value is -4.14. The van der Waals surface area contributed by atoms with E-state index in [0.29, 0.717) is 22.9 Å². The molecule has 1 aromatic carbocycles. The first kappa shape index (κ1) is 27.4. The van der Waals surface area contributed by atoms with E-state index in [2.05, 4.69) is 4.98 Å². The smallest absolute Gasteiger partial charge is 0.416 e. The van der Waals surface area contributed by atoms with Gasteiger partial charge >= 0.3 is 12.3 Å². The molecular weight excluding hydrogens is 574 g/mol. The first-order valence-corrected chi connectivity index (χ1v) is 11.9. The van der Waals surface area contributed by atoms with E-state index in [1.54, 1.807) is 5.32 Å². The van der Waals surface area contributed by atoms with Crippen LogP contribution in [-0.4, -0.2) is 51.7 Å². The van der Waals surface area contributed by atoms with E-state index in [1.807, 2.05) is 0 Å². The molecule has 5 rings (SSSR count). The van der Waals surface area contributed by atoms with Gasteiger partial charge in [-0.15, -0.1) is 0 Å². The summed E-state index contributed by atoms with van der Waals surface area (Å²) in [6.45, 7) is -0.399. The molecule has 1 saturated carbocycles. The molecule has 0 spiro atoms. The Morgan fingerprint density at radius 3 is 2.30 bits per heavy atom. The van der Waals surface area contributed by atoms with Crippen LogP contribution in [0.25, 0.3) is 16.7 Å². The fourth-order valence-corrected chi connectivity index (χ4v) is 4.44. The number of fused-ring (bicyclic) bond motifs is 1. The summed E-state index contributed by atoms with van der Waals surface area (Å²) >= 11 is 5.37. The van der Waals surface area contributed by atoms with E-state index >= 15 is 0 Å². The zero-order valence-electron chi connectivity index (χ0n) is 19.8. The van der Waals surface area contributed by atoms with Crippen LogP contribution in [0.15, 0.2) is 35.3 Å². The lowest BCUT2D eigenvalue weighted by Gasteiger charge is -2.22. The van der Waals surface area contributed by atoms with Crippen LogP contribution in [0, 0.1) is 23.4 Å². The number of nitrogens with zero attached hydrogens (tertiary/aromatic N) is 3. The Morgan fingerprint density at radius 1 is 1.10 bits per heavy atom. The van der Waals surface area contributed by atoms with Gasteiger partial charge in [0.1, 0.15) is 28.9 Å². The highest BCUT2D eigenvalue weighted by molar-refractivity contribution is 6.64. The predicted molar refractivity (Wildman–Crippen MR) is 126 cm³/mol. The van der Waals surface area contributed by atoms with E-state index in [-0.39, 0.29) is 18.7 Å². The van der Waals surface area contributed by atoms with Crippen molar-refractivity contribution in [1.82, 2.24) is 14.9 Å². The van der Waals surface area contributed by atoms with Crippen molar-refractivity contribution in [2.45, 2.75) is 31.2 Å². The molecule has 2 fully saturated rings. The number of alkyl halides is 3. The Morgan fingerprint density at radius 2 is 1.75 bits per heavy atom. The summed E-state index contributed by atoms with van der Waals surface area (Å²) in [5.74, 6) is -6.93. The standard InChI is InChI=1S/C24H15ClF6N4O5/c25-20(37)15-8-34(23(39)40-15)16-4-3-11-18(36)12(22(38)33-19(9-1-2-9)24(29,30)31)7-35(21(11)32-16)17-13(27)5-10(26)6-14(17)28/h3-7,9,15,19H,1-2,8H2,(H,33,38)/t15-,19-/m0/s1. The maximum absolute atomic E-state index is 14.8. The third-order valence-corrected chi connectivity index (χ3v) is 6.62. The fourth-order valence-electron chi connectivity index (χ4n) is 4.32. The third-order valence-electron chi connectivity index (χ3n) is 6.38. The summed E-state index contributed by atoms with van der Waals surface area (Å²) in [5.41, 5.74) is -3.61. The van der Waals surface area contributed by atoms with Crippen LogP contribution in [-0.2, 0) is 9.53 Å². The second-order valence-electron chi connectivity index (χ2n) is 9.12. The summed E-state index contributed by atoms with van der Waals surface area (Å²) in [6.07, 6.45) is -6.29. The molecule has 0 unspecified atom stereocenters. The number of ether oxygens (including phenoxy) is 1. The second kappa shape index (κ2) is 9.80. The van der Waals surface area contributed by atoms with Gasteiger partial charge in [-0.2, -0.15) is 13.2 Å². The molecule has 2 atom stereocenters. The van der Waals surface area contributed by atoms with Crippen molar-refractivity contribution in [3.63, 3.8) is 0 Å². The van der Waals surface area contributed by atoms with Crippen molar-refractivity contribution < 1.29 is 45.5 Å². The van der Waals surface area contributed by atoms with Crippen molar-refractivity contribution in [3.8, 4) is 5.69 Å². The second-order valence-corrected chi connectivity index (χ2v) is 9.49. The van der Waals surface area contributed by atoms with Crippen molar-refractivity contribution in [1.29, 1.82) is 0 Å². The Bertz CT molecular complexity index is 1620. The lowest BCUT2D eigenvalue weighted by Crippen LogP contribution is -2.48. The zero-order chi connectivity index (χ0) is 29.1. The van der Waals surface area contributed by atoms with Gasteiger partial charge in [0, 0.05) is 18.3 Å². The van der Waals surface area contributed by atoms with Gasteiger partial charge in [-0.3, -0.25) is 23.9 Å². The van der Waals surface area contributed by atoms with Crippen molar-refractivity contribution in [2.24, 2.45) is 5.92 Å². The molecule has 2 amide bonds. The van der Waals surface area contributed by atoms with Gasteiger partial charge in [0.05, 0.1) is 11.9 Å². The fraction of sp³-hybridized carbons (Fsp3) is 0.292. The van der Waals surface area contributed by atoms with Gasteiger partial charge in [-0.1, -0.05) is 0 Å². The Labute approximate surface area is 224 Å². The molecule has 2 aromatic heterocycles. The zero-order valence-corrected chi connectivity index (χ0v) is 20.5. The summed E-state index contributed by atoms with van der Waals surface area (Å²) in [6, 6.07) is 0.429. The van der Waals surface area contributed by atoms with Gasteiger partial charge in [0.25, 0.3) is 11.1 Å². The minimum Gasteiger partial charge on any atom is -0.434 e. The Balaban J connectivity index is 1.69. The number of rotatable bonds is 6. The van der Waals surface area contributed by atoms with Gasteiger partial charge in [-0.05, 0) is 42.5 Å². The topological polar surface area (TPSA) is 111 Å². The predicted octanol–water partition coefficient (Wildman–Crippen LogP) is 3.96. The summed E-state index contributed by atoms with van der Waals surface area (Å²) < 4.78 is 89.3. The minimum atomic E-state index is -4.83. The average Bonchev–Trinajstić information content (AvgIpc) is 3.62. The normalized spacial score (nSPS) is 18.1. The number of hydrogen-bond donors (Lipinski definition) is 1. The van der Waals surface area contributed by atoms with Gasteiger partial charge in [0.15, 0.2) is 23.4 Å². The SMILES string of the molecule is O=C(N[C@@H](C1CC1)C(F)(F)F)c1cn(-c2c(F)cc(F)cc2F)c2nc(N3C[C@@H](C(=O)Cl)OC3=O)ccc2c1=O. The van der Waals surface area contributed by atoms with Crippen LogP contribution >= 0.6 is 11.6 Å². The van der Waals surface area contributed by atoms with Crippen molar-refractivity contribution >= 4 is 45.7 Å². The highest BCUT2D eigenvalue weighted by atomic mass is 35.5. The molecule has 1 aliphatic carbocycles. The number of amides is 2. The van der Waals surface area contributed by atoms with Crippen LogP contribution in [0.3, 0.4) is 0 Å². The van der Waals surface area contributed by atoms with E-state index < -0.39 is 93.2 Å². The molecule has 40 heavy (non-hydrogen) atoms. The van der Waals surface area contributed by atoms with Crippen LogP contribution < -0.4 is 15.6 Å². The molecule has 16 heteroatoms. The van der Waals surface area contributed by atoms with Gasteiger partial charge in [0.2, 0.25) is 5.43 Å². The first-order valence-electron chi connectivity index (χ1n) is 11.5. The highest BCUT2D eigenvalue weighted by Crippen LogP contribution is 2.40. The lowest BCUT2D eigenvalue weighted by molar-refractivity contribution is -0.158. The number of cyclic esters (lactones) is 1. The molecular formula is C24H15ClF6N4O5. The van der Waals surface area contributed by atoms with Gasteiger partial charge < -0.3 is 10.1 Å². The van der Waals surface area contributed by atoms with Crippen LogP contribution in [0.2, 0.25) is 0 Å². The highest BCUT2D eigenvalue weighted by Gasteiger charge is 2.50. The number of nitrogens with one attached hydrogen (secondary N) is 1. The summed E-state index contributed by atoms with van der Waals surface area (Å²) in [5, 5.41) is 0.299. The number of halogens is 7. The van der Waals surface area contributed by atoms with Crippen LogP contribution in [0.4, 0.5) is 37.0 Å². The van der Waals surface area contributed by atoms with Crippen LogP contribution in [0.1, 0.15) is 23.2 Å². The molecule has 1 aliphatic heterocycles. The number of aromatic nitrogens is 2. The quantitative estimate of drug-likeness (QED) is 0.345. The average molecular weight is 589 g/mol. The van der Waals surface area contributed by atoms with Gasteiger partial charge in [-0.25, -0.2) is 22.9 Å². The molecule has 210 valence electrons. The summed E-state index contributed by atoms with van der Waals surface area (Å²) in [7, 11) is 0. The molecule has 3 heterocycles. The number of hydrogen-bond acceptors (Lipinski definition) is 6. The maximum atomic E-state index is 14.8. The van der Waals surface area contributed by atoms with E-state index in [4.69, 9.17) is 16.3 Å². The maximum Gasteiger partial charge on any atom is 0.416 e. The third kappa shape index (κ3) is 4.96. The lowest BCUT2D eigenvalue weighted by atomic mass is 10.1. The number of carbonyl (C=O) groups excluding carboxylic acids is 3. The molecule has 0 radical (unpaired) electrons.